The highest BCUT2D eigenvalue weighted by molar-refractivity contribution is 5.96. The first-order chi connectivity index (χ1) is 12.7. The second-order valence-corrected chi connectivity index (χ2v) is 5.88. The summed E-state index contributed by atoms with van der Waals surface area (Å²) in [6.45, 7) is 0.449. The molecule has 3 rings (SSSR count). The van der Waals surface area contributed by atoms with Crippen LogP contribution in [0.1, 0.15) is 21.5 Å². The van der Waals surface area contributed by atoms with Crippen molar-refractivity contribution in [3.63, 3.8) is 0 Å². The van der Waals surface area contributed by atoms with E-state index in [1.54, 1.807) is 36.2 Å². The molecule has 128 valence electrons. The van der Waals surface area contributed by atoms with Crippen LogP contribution in [0.15, 0.2) is 78.9 Å². The van der Waals surface area contributed by atoms with E-state index in [2.05, 4.69) is 6.07 Å². The summed E-state index contributed by atoms with van der Waals surface area (Å²) >= 11 is 0. The molecule has 4 heteroatoms. The summed E-state index contributed by atoms with van der Waals surface area (Å²) in [5, 5.41) is 9.16. The lowest BCUT2D eigenvalue weighted by Gasteiger charge is -2.18. The molecule has 0 spiro atoms. The molecule has 0 N–H and O–H groups in total. The van der Waals surface area contributed by atoms with Gasteiger partial charge in [-0.1, -0.05) is 42.5 Å². The Morgan fingerprint density at radius 1 is 0.923 bits per heavy atom. The van der Waals surface area contributed by atoms with Crippen molar-refractivity contribution in [3.05, 3.63) is 95.6 Å². The Hall–Kier alpha value is -3.58. The zero-order valence-corrected chi connectivity index (χ0v) is 14.4. The minimum absolute atomic E-state index is 0.174. The molecular weight excluding hydrogens is 324 g/mol. The zero-order valence-electron chi connectivity index (χ0n) is 14.4. The second-order valence-electron chi connectivity index (χ2n) is 5.88. The van der Waals surface area contributed by atoms with Gasteiger partial charge in [0.05, 0.1) is 17.2 Å². The first-order valence-electron chi connectivity index (χ1n) is 8.24. The average Bonchev–Trinajstić information content (AvgIpc) is 2.69. The summed E-state index contributed by atoms with van der Waals surface area (Å²) in [6.07, 6.45) is 0. The van der Waals surface area contributed by atoms with E-state index in [4.69, 9.17) is 10.00 Å². The van der Waals surface area contributed by atoms with Gasteiger partial charge in [-0.15, -0.1) is 0 Å². The molecule has 0 bridgehead atoms. The first kappa shape index (κ1) is 17.2. The fourth-order valence-electron chi connectivity index (χ4n) is 2.61. The van der Waals surface area contributed by atoms with Crippen molar-refractivity contribution in [2.45, 2.75) is 6.54 Å². The number of rotatable bonds is 5. The molecule has 0 aliphatic rings. The van der Waals surface area contributed by atoms with Crippen LogP contribution >= 0.6 is 0 Å². The van der Waals surface area contributed by atoms with Crippen LogP contribution in [0.4, 0.5) is 0 Å². The molecule has 0 fully saturated rings. The van der Waals surface area contributed by atoms with Crippen LogP contribution in [0.25, 0.3) is 0 Å². The van der Waals surface area contributed by atoms with Gasteiger partial charge in [0.15, 0.2) is 0 Å². The van der Waals surface area contributed by atoms with Gasteiger partial charge in [0, 0.05) is 13.6 Å². The van der Waals surface area contributed by atoms with Crippen molar-refractivity contribution in [2.75, 3.05) is 7.05 Å². The highest BCUT2D eigenvalue weighted by Gasteiger charge is 2.15. The molecule has 26 heavy (non-hydrogen) atoms. The molecule has 0 atom stereocenters. The summed E-state index contributed by atoms with van der Waals surface area (Å²) < 4.78 is 5.77. The maximum Gasteiger partial charge on any atom is 0.255 e. The summed E-state index contributed by atoms with van der Waals surface area (Å²) in [4.78, 5) is 14.2. The van der Waals surface area contributed by atoms with E-state index < -0.39 is 0 Å². The Balaban J connectivity index is 1.67. The Morgan fingerprint density at radius 3 is 2.23 bits per heavy atom. The third-order valence-corrected chi connectivity index (χ3v) is 3.95. The van der Waals surface area contributed by atoms with Gasteiger partial charge >= 0.3 is 0 Å². The second kappa shape index (κ2) is 8.00. The van der Waals surface area contributed by atoms with Crippen molar-refractivity contribution in [3.8, 4) is 17.6 Å². The maximum absolute atomic E-state index is 12.6. The van der Waals surface area contributed by atoms with Crippen LogP contribution in [0.3, 0.4) is 0 Å². The summed E-state index contributed by atoms with van der Waals surface area (Å²) in [6, 6.07) is 26.1. The number of nitrogens with zero attached hydrogens (tertiary/aromatic N) is 2. The Kier molecular flexibility index (Phi) is 5.31. The number of carbonyl (C=O) groups is 1. The van der Waals surface area contributed by atoms with E-state index in [1.807, 2.05) is 54.6 Å². The number of carbonyl (C=O) groups excluding carboxylic acids is 1. The Morgan fingerprint density at radius 2 is 1.54 bits per heavy atom. The van der Waals surface area contributed by atoms with Crippen molar-refractivity contribution < 1.29 is 9.53 Å². The third kappa shape index (κ3) is 4.08. The minimum atomic E-state index is -0.174. The van der Waals surface area contributed by atoms with Gasteiger partial charge in [-0.3, -0.25) is 4.79 Å². The Bertz CT molecular complexity index is 928. The normalized spacial score (nSPS) is 10.0. The number of amides is 1. The highest BCUT2D eigenvalue weighted by atomic mass is 16.5. The smallest absolute Gasteiger partial charge is 0.255 e. The number of nitriles is 1. The van der Waals surface area contributed by atoms with Gasteiger partial charge in [0.1, 0.15) is 11.5 Å². The lowest BCUT2D eigenvalue weighted by molar-refractivity contribution is 0.0785. The first-order valence-corrected chi connectivity index (χ1v) is 8.24. The molecule has 0 unspecified atom stereocenters. The van der Waals surface area contributed by atoms with E-state index >= 15 is 0 Å². The monoisotopic (exact) mass is 342 g/mol. The zero-order chi connectivity index (χ0) is 18.4. The lowest BCUT2D eigenvalue weighted by Crippen LogP contribution is -2.26. The Labute approximate surface area is 152 Å². The van der Waals surface area contributed by atoms with Crippen LogP contribution in [0, 0.1) is 11.3 Å². The fourth-order valence-corrected chi connectivity index (χ4v) is 2.61. The quantitative estimate of drug-likeness (QED) is 0.680. The number of hydrogen-bond donors (Lipinski definition) is 0. The van der Waals surface area contributed by atoms with Gasteiger partial charge in [-0.2, -0.15) is 5.26 Å². The molecular formula is C22H18N2O2. The number of ether oxygens (including phenoxy) is 1. The van der Waals surface area contributed by atoms with Gasteiger partial charge < -0.3 is 9.64 Å². The number of hydrogen-bond acceptors (Lipinski definition) is 3. The molecule has 3 aromatic rings. The lowest BCUT2D eigenvalue weighted by atomic mass is 10.1. The molecule has 0 aliphatic carbocycles. The molecule has 0 saturated carbocycles. The summed E-state index contributed by atoms with van der Waals surface area (Å²) in [7, 11) is 1.73. The van der Waals surface area contributed by atoms with Crippen LogP contribution in [0.2, 0.25) is 0 Å². The molecule has 0 aliphatic heterocycles. The van der Waals surface area contributed by atoms with Gasteiger partial charge in [-0.05, 0) is 42.0 Å². The third-order valence-electron chi connectivity index (χ3n) is 3.95. The topological polar surface area (TPSA) is 53.3 Å². The molecule has 3 aromatic carbocycles. The maximum atomic E-state index is 12.6. The SMILES string of the molecule is CN(Cc1ccc(Oc2ccccc2)cc1)C(=O)c1ccccc1C#N. The number of para-hydroxylation sites is 1. The minimum Gasteiger partial charge on any atom is -0.457 e. The predicted molar refractivity (Wildman–Crippen MR) is 99.9 cm³/mol. The van der Waals surface area contributed by atoms with Crippen molar-refractivity contribution in [1.29, 1.82) is 5.26 Å². The van der Waals surface area contributed by atoms with E-state index in [9.17, 15) is 4.79 Å². The largest absolute Gasteiger partial charge is 0.457 e. The van der Waals surface area contributed by atoms with Gasteiger partial charge in [-0.25, -0.2) is 0 Å². The van der Waals surface area contributed by atoms with Crippen molar-refractivity contribution >= 4 is 5.91 Å². The molecule has 0 radical (unpaired) electrons. The van der Waals surface area contributed by atoms with E-state index in [0.29, 0.717) is 17.7 Å². The summed E-state index contributed by atoms with van der Waals surface area (Å²) in [5.74, 6) is 1.34. The van der Waals surface area contributed by atoms with Crippen molar-refractivity contribution in [2.24, 2.45) is 0 Å². The van der Waals surface area contributed by atoms with Gasteiger partial charge in [0.25, 0.3) is 5.91 Å². The van der Waals surface area contributed by atoms with E-state index in [0.717, 1.165) is 17.1 Å². The molecule has 0 heterocycles. The predicted octanol–water partition coefficient (Wildman–Crippen LogP) is 4.62. The number of benzene rings is 3. The highest BCUT2D eigenvalue weighted by Crippen LogP contribution is 2.21. The van der Waals surface area contributed by atoms with E-state index in [-0.39, 0.29) is 5.91 Å². The van der Waals surface area contributed by atoms with Crippen LogP contribution in [-0.2, 0) is 6.54 Å². The van der Waals surface area contributed by atoms with Crippen LogP contribution in [0.5, 0.6) is 11.5 Å². The van der Waals surface area contributed by atoms with Crippen LogP contribution in [-0.4, -0.2) is 17.9 Å². The molecule has 1 amide bonds. The standard InChI is InChI=1S/C22H18N2O2/c1-24(22(25)21-10-6-5-7-18(21)15-23)16-17-11-13-20(14-12-17)26-19-8-3-2-4-9-19/h2-14H,16H2,1H3. The van der Waals surface area contributed by atoms with Crippen LogP contribution < -0.4 is 4.74 Å². The average molecular weight is 342 g/mol. The summed E-state index contributed by atoms with van der Waals surface area (Å²) in [5.41, 5.74) is 1.79. The van der Waals surface area contributed by atoms with Crippen molar-refractivity contribution in [1.82, 2.24) is 4.90 Å². The van der Waals surface area contributed by atoms with Gasteiger partial charge in [0.2, 0.25) is 0 Å². The van der Waals surface area contributed by atoms with E-state index in [1.165, 1.54) is 0 Å². The fraction of sp³-hybridized carbons (Fsp3) is 0.0909. The molecule has 0 aromatic heterocycles. The molecule has 0 saturated heterocycles. The molecule has 4 nitrogen and oxygen atoms in total.